The molecule has 1 spiro atoms. The van der Waals surface area contributed by atoms with Crippen LogP contribution in [-0.2, 0) is 9.53 Å². The molecule has 1 saturated heterocycles. The molecular weight excluding hydrogens is 222 g/mol. The average Bonchev–Trinajstić information content (AvgIpc) is 2.68. The van der Waals surface area contributed by atoms with Crippen LogP contribution in [0.25, 0.3) is 0 Å². The van der Waals surface area contributed by atoms with E-state index < -0.39 is 0 Å². The van der Waals surface area contributed by atoms with Crippen molar-refractivity contribution in [3.05, 3.63) is 0 Å². The standard InChI is InChI=1S/C12H21NO2S/c1-3-15-11(14)10-8-16-12(13-10)6-4-9(2)5-7-12/h9-10,13H,3-8H2,1-2H3. The molecule has 1 atom stereocenters. The molecule has 1 aliphatic heterocycles. The Morgan fingerprint density at radius 2 is 2.19 bits per heavy atom. The Balaban J connectivity index is 1.89. The summed E-state index contributed by atoms with van der Waals surface area (Å²) in [6, 6.07) is -0.0849. The highest BCUT2D eigenvalue weighted by atomic mass is 32.2. The largest absolute Gasteiger partial charge is 0.465 e. The van der Waals surface area contributed by atoms with Crippen molar-refractivity contribution in [3.8, 4) is 0 Å². The summed E-state index contributed by atoms with van der Waals surface area (Å²) in [5.74, 6) is 1.63. The zero-order valence-corrected chi connectivity index (χ0v) is 10.9. The van der Waals surface area contributed by atoms with Crippen LogP contribution in [0.4, 0.5) is 0 Å². The predicted molar refractivity (Wildman–Crippen MR) is 66.4 cm³/mol. The third-order valence-corrected chi connectivity index (χ3v) is 5.20. The lowest BCUT2D eigenvalue weighted by molar-refractivity contribution is -0.145. The van der Waals surface area contributed by atoms with Crippen molar-refractivity contribution >= 4 is 17.7 Å². The van der Waals surface area contributed by atoms with Crippen molar-refractivity contribution in [2.45, 2.75) is 50.4 Å². The van der Waals surface area contributed by atoms with E-state index in [1.165, 1.54) is 25.7 Å². The van der Waals surface area contributed by atoms with Gasteiger partial charge in [-0.1, -0.05) is 6.92 Å². The highest BCUT2D eigenvalue weighted by Crippen LogP contribution is 2.43. The number of carbonyl (C=O) groups excluding carboxylic acids is 1. The topological polar surface area (TPSA) is 38.3 Å². The number of nitrogens with one attached hydrogen (secondary N) is 1. The number of ether oxygens (including phenoxy) is 1. The van der Waals surface area contributed by atoms with Crippen molar-refractivity contribution in [1.82, 2.24) is 5.32 Å². The van der Waals surface area contributed by atoms with Crippen molar-refractivity contribution in [1.29, 1.82) is 0 Å². The summed E-state index contributed by atoms with van der Waals surface area (Å²) in [5, 5.41) is 3.50. The van der Waals surface area contributed by atoms with Gasteiger partial charge in [-0.25, -0.2) is 0 Å². The molecule has 2 fully saturated rings. The number of rotatable bonds is 2. The van der Waals surface area contributed by atoms with Crippen LogP contribution in [0.5, 0.6) is 0 Å². The Labute approximate surface area is 102 Å². The summed E-state index contributed by atoms with van der Waals surface area (Å²) < 4.78 is 5.07. The van der Waals surface area contributed by atoms with E-state index in [1.807, 2.05) is 18.7 Å². The van der Waals surface area contributed by atoms with Crippen LogP contribution in [0.1, 0.15) is 39.5 Å². The van der Waals surface area contributed by atoms with Crippen LogP contribution in [0, 0.1) is 5.92 Å². The first-order valence-electron chi connectivity index (χ1n) is 6.23. The molecule has 16 heavy (non-hydrogen) atoms. The van der Waals surface area contributed by atoms with Gasteiger partial charge in [-0.3, -0.25) is 10.1 Å². The lowest BCUT2D eigenvalue weighted by Crippen LogP contribution is -2.47. The molecule has 0 radical (unpaired) electrons. The number of esters is 1. The van der Waals surface area contributed by atoms with Gasteiger partial charge in [-0.2, -0.15) is 0 Å². The minimum atomic E-state index is -0.0849. The lowest BCUT2D eigenvalue weighted by Gasteiger charge is -2.35. The maximum Gasteiger partial charge on any atom is 0.324 e. The number of thioether (sulfide) groups is 1. The van der Waals surface area contributed by atoms with E-state index in [0.717, 1.165) is 11.7 Å². The number of hydrogen-bond donors (Lipinski definition) is 1. The first kappa shape index (κ1) is 12.2. The molecule has 0 aromatic carbocycles. The summed E-state index contributed by atoms with van der Waals surface area (Å²) in [7, 11) is 0. The van der Waals surface area contributed by atoms with Gasteiger partial charge < -0.3 is 4.74 Å². The van der Waals surface area contributed by atoms with Crippen molar-refractivity contribution in [2.24, 2.45) is 5.92 Å². The fourth-order valence-corrected chi connectivity index (χ4v) is 3.99. The van der Waals surface area contributed by atoms with E-state index >= 15 is 0 Å². The molecule has 92 valence electrons. The van der Waals surface area contributed by atoms with Crippen LogP contribution in [0.15, 0.2) is 0 Å². The zero-order valence-electron chi connectivity index (χ0n) is 10.1. The van der Waals surface area contributed by atoms with Gasteiger partial charge in [-0.15, -0.1) is 11.8 Å². The Hall–Kier alpha value is -0.220. The molecular formula is C12H21NO2S. The quantitative estimate of drug-likeness (QED) is 0.754. The van der Waals surface area contributed by atoms with Crippen LogP contribution >= 0.6 is 11.8 Å². The van der Waals surface area contributed by atoms with Crippen LogP contribution < -0.4 is 5.32 Å². The maximum atomic E-state index is 11.6. The van der Waals surface area contributed by atoms with Crippen LogP contribution in [-0.4, -0.2) is 29.2 Å². The highest BCUT2D eigenvalue weighted by Gasteiger charge is 2.43. The van der Waals surface area contributed by atoms with E-state index in [1.54, 1.807) is 0 Å². The highest BCUT2D eigenvalue weighted by molar-refractivity contribution is 8.00. The fraction of sp³-hybridized carbons (Fsp3) is 0.917. The normalized spacial score (nSPS) is 38.9. The first-order chi connectivity index (χ1) is 7.65. The predicted octanol–water partition coefficient (Wildman–Crippen LogP) is 2.16. The molecule has 2 rings (SSSR count). The van der Waals surface area contributed by atoms with Crippen molar-refractivity contribution in [2.75, 3.05) is 12.4 Å². The minimum absolute atomic E-state index is 0.0782. The zero-order chi connectivity index (χ0) is 11.6. The summed E-state index contributed by atoms with van der Waals surface area (Å²) in [4.78, 5) is 11.8. The fourth-order valence-electron chi connectivity index (χ4n) is 2.53. The van der Waals surface area contributed by atoms with E-state index in [2.05, 4.69) is 12.2 Å². The molecule has 2 aliphatic rings. The summed E-state index contributed by atoms with van der Waals surface area (Å²) in [5.41, 5.74) is 0. The molecule has 1 aliphatic carbocycles. The maximum absolute atomic E-state index is 11.6. The number of carbonyl (C=O) groups is 1. The molecule has 1 N–H and O–H groups in total. The Kier molecular flexibility index (Phi) is 3.80. The average molecular weight is 243 g/mol. The van der Waals surface area contributed by atoms with Gasteiger partial charge >= 0.3 is 5.97 Å². The van der Waals surface area contributed by atoms with E-state index in [4.69, 9.17) is 4.74 Å². The van der Waals surface area contributed by atoms with Gasteiger partial charge in [0.1, 0.15) is 6.04 Å². The van der Waals surface area contributed by atoms with Crippen molar-refractivity contribution in [3.63, 3.8) is 0 Å². The molecule has 0 aromatic rings. The first-order valence-corrected chi connectivity index (χ1v) is 7.22. The summed E-state index contributed by atoms with van der Waals surface area (Å²) >= 11 is 1.92. The molecule has 1 saturated carbocycles. The Morgan fingerprint density at radius 3 is 2.81 bits per heavy atom. The van der Waals surface area contributed by atoms with Crippen molar-refractivity contribution < 1.29 is 9.53 Å². The molecule has 0 aromatic heterocycles. The molecule has 0 bridgehead atoms. The van der Waals surface area contributed by atoms with Crippen LogP contribution in [0.2, 0.25) is 0 Å². The van der Waals surface area contributed by atoms with Gasteiger partial charge in [0.2, 0.25) is 0 Å². The minimum Gasteiger partial charge on any atom is -0.465 e. The monoisotopic (exact) mass is 243 g/mol. The molecule has 0 amide bonds. The summed E-state index contributed by atoms with van der Waals surface area (Å²) in [6.07, 6.45) is 4.93. The van der Waals surface area contributed by atoms with Gasteiger partial charge in [0.05, 0.1) is 11.5 Å². The second-order valence-electron chi connectivity index (χ2n) is 4.94. The number of hydrogen-bond acceptors (Lipinski definition) is 4. The van der Waals surface area contributed by atoms with Gasteiger partial charge in [0.25, 0.3) is 0 Å². The van der Waals surface area contributed by atoms with Gasteiger partial charge in [0.15, 0.2) is 0 Å². The molecule has 3 nitrogen and oxygen atoms in total. The Morgan fingerprint density at radius 1 is 1.50 bits per heavy atom. The Bertz CT molecular complexity index is 262. The second-order valence-corrected chi connectivity index (χ2v) is 6.34. The molecule has 1 heterocycles. The third-order valence-electron chi connectivity index (χ3n) is 3.62. The molecule has 4 heteroatoms. The van der Waals surface area contributed by atoms with Crippen LogP contribution in [0.3, 0.4) is 0 Å². The van der Waals surface area contributed by atoms with E-state index in [-0.39, 0.29) is 16.9 Å². The van der Waals surface area contributed by atoms with E-state index in [9.17, 15) is 4.79 Å². The summed E-state index contributed by atoms with van der Waals surface area (Å²) in [6.45, 7) is 4.65. The van der Waals surface area contributed by atoms with Gasteiger partial charge in [-0.05, 0) is 38.5 Å². The SMILES string of the molecule is CCOC(=O)C1CSC2(CCC(C)CC2)N1. The van der Waals surface area contributed by atoms with Gasteiger partial charge in [0, 0.05) is 5.75 Å². The third kappa shape index (κ3) is 2.54. The second kappa shape index (κ2) is 4.96. The molecule has 1 unspecified atom stereocenters. The van der Waals surface area contributed by atoms with E-state index in [0.29, 0.717) is 6.61 Å². The lowest BCUT2D eigenvalue weighted by atomic mass is 9.86. The smallest absolute Gasteiger partial charge is 0.324 e.